The molecule has 1 amide bonds. The van der Waals surface area contributed by atoms with Crippen LogP contribution in [0, 0.1) is 5.82 Å². The summed E-state index contributed by atoms with van der Waals surface area (Å²) in [7, 11) is 1.76. The lowest BCUT2D eigenvalue weighted by Gasteiger charge is -2.23. The van der Waals surface area contributed by atoms with E-state index in [1.54, 1.807) is 36.4 Å². The van der Waals surface area contributed by atoms with Crippen molar-refractivity contribution in [2.45, 2.75) is 25.8 Å². The minimum Gasteiger partial charge on any atom is -0.494 e. The van der Waals surface area contributed by atoms with E-state index in [1.165, 1.54) is 12.1 Å². The summed E-state index contributed by atoms with van der Waals surface area (Å²) in [6.45, 7) is 2.34. The molecule has 0 spiro atoms. The molecule has 5 heteroatoms. The van der Waals surface area contributed by atoms with E-state index >= 15 is 0 Å². The summed E-state index contributed by atoms with van der Waals surface area (Å²) in [4.78, 5) is 13.8. The van der Waals surface area contributed by atoms with Gasteiger partial charge in [0.15, 0.2) is 0 Å². The van der Waals surface area contributed by atoms with Gasteiger partial charge in [-0.15, -0.1) is 0 Å². The number of hydrogen-bond acceptors (Lipinski definition) is 3. The average molecular weight is 305 g/mol. The first-order chi connectivity index (χ1) is 10.6. The van der Waals surface area contributed by atoms with Crippen molar-refractivity contribution in [3.05, 3.63) is 54.2 Å². The first-order valence-corrected chi connectivity index (χ1v) is 7.25. The van der Waals surface area contributed by atoms with Crippen LogP contribution in [0.3, 0.4) is 0 Å². The Kier molecular flexibility index (Phi) is 5.58. The van der Waals surface area contributed by atoms with E-state index in [4.69, 9.17) is 9.15 Å². The molecule has 0 aliphatic rings. The minimum absolute atomic E-state index is 0.0339. The van der Waals surface area contributed by atoms with Crippen molar-refractivity contribution in [3.63, 3.8) is 0 Å². The molecular weight excluding hydrogens is 285 g/mol. The summed E-state index contributed by atoms with van der Waals surface area (Å²) < 4.78 is 23.5. The van der Waals surface area contributed by atoms with E-state index in [0.29, 0.717) is 25.2 Å². The van der Waals surface area contributed by atoms with Gasteiger partial charge in [-0.3, -0.25) is 4.79 Å². The molecule has 1 atom stereocenters. The van der Waals surface area contributed by atoms with Crippen LogP contribution >= 0.6 is 0 Å². The zero-order chi connectivity index (χ0) is 15.9. The Bertz CT molecular complexity index is 580. The second kappa shape index (κ2) is 7.64. The molecule has 0 N–H and O–H groups in total. The maximum atomic E-state index is 12.7. The standard InChI is InChI=1S/C17H20FNO3/c1-13(16-5-3-12-22-16)19(2)17(20)6-4-11-21-15-9-7-14(18)8-10-15/h3,5,7-10,12-13H,4,6,11H2,1-2H3. The number of benzene rings is 1. The van der Waals surface area contributed by atoms with Gasteiger partial charge in [-0.2, -0.15) is 0 Å². The molecule has 0 aliphatic heterocycles. The number of nitrogens with zero attached hydrogens (tertiary/aromatic N) is 1. The van der Waals surface area contributed by atoms with Gasteiger partial charge < -0.3 is 14.1 Å². The third kappa shape index (κ3) is 4.35. The van der Waals surface area contributed by atoms with Gasteiger partial charge in [0.05, 0.1) is 18.9 Å². The Balaban J connectivity index is 1.72. The van der Waals surface area contributed by atoms with E-state index in [9.17, 15) is 9.18 Å². The van der Waals surface area contributed by atoms with Crippen LogP contribution in [0.4, 0.5) is 4.39 Å². The number of halogens is 1. The zero-order valence-corrected chi connectivity index (χ0v) is 12.8. The summed E-state index contributed by atoms with van der Waals surface area (Å²) >= 11 is 0. The van der Waals surface area contributed by atoms with Crippen LogP contribution in [0.15, 0.2) is 47.1 Å². The highest BCUT2D eigenvalue weighted by atomic mass is 19.1. The van der Waals surface area contributed by atoms with Crippen molar-refractivity contribution in [2.24, 2.45) is 0 Å². The van der Waals surface area contributed by atoms with Crippen molar-refractivity contribution in [3.8, 4) is 5.75 Å². The molecule has 2 rings (SSSR count). The fourth-order valence-corrected chi connectivity index (χ4v) is 2.06. The first kappa shape index (κ1) is 16.1. The van der Waals surface area contributed by atoms with Gasteiger partial charge in [-0.1, -0.05) is 0 Å². The second-order valence-corrected chi connectivity index (χ2v) is 5.10. The van der Waals surface area contributed by atoms with Gasteiger partial charge in [0.2, 0.25) is 5.91 Å². The van der Waals surface area contributed by atoms with Gasteiger partial charge in [0.1, 0.15) is 17.3 Å². The molecule has 1 unspecified atom stereocenters. The Morgan fingerprint density at radius 1 is 1.32 bits per heavy atom. The number of carbonyl (C=O) groups is 1. The van der Waals surface area contributed by atoms with Crippen molar-refractivity contribution < 1.29 is 18.3 Å². The first-order valence-electron chi connectivity index (χ1n) is 7.25. The molecule has 0 saturated heterocycles. The number of ether oxygens (including phenoxy) is 1. The summed E-state index contributed by atoms with van der Waals surface area (Å²) in [6, 6.07) is 9.40. The molecular formula is C17H20FNO3. The third-order valence-electron chi connectivity index (χ3n) is 3.55. The van der Waals surface area contributed by atoms with Gasteiger partial charge in [0, 0.05) is 13.5 Å². The smallest absolute Gasteiger partial charge is 0.223 e. The number of hydrogen-bond donors (Lipinski definition) is 0. The minimum atomic E-state index is -0.295. The molecule has 1 heterocycles. The van der Waals surface area contributed by atoms with Crippen LogP contribution in [0.1, 0.15) is 31.6 Å². The second-order valence-electron chi connectivity index (χ2n) is 5.10. The van der Waals surface area contributed by atoms with Gasteiger partial charge in [0.25, 0.3) is 0 Å². The SMILES string of the molecule is CC(c1ccco1)N(C)C(=O)CCCOc1ccc(F)cc1. The normalized spacial score (nSPS) is 12.0. The van der Waals surface area contributed by atoms with Crippen molar-refractivity contribution in [1.29, 1.82) is 0 Å². The quantitative estimate of drug-likeness (QED) is 0.731. The lowest BCUT2D eigenvalue weighted by Crippen LogP contribution is -2.29. The van der Waals surface area contributed by atoms with Crippen LogP contribution in [0.2, 0.25) is 0 Å². The van der Waals surface area contributed by atoms with Crippen LogP contribution in [0.5, 0.6) is 5.75 Å². The average Bonchev–Trinajstić information content (AvgIpc) is 3.06. The Labute approximate surface area is 129 Å². The molecule has 4 nitrogen and oxygen atoms in total. The highest BCUT2D eigenvalue weighted by Gasteiger charge is 2.18. The van der Waals surface area contributed by atoms with Gasteiger partial charge in [-0.25, -0.2) is 4.39 Å². The maximum Gasteiger partial charge on any atom is 0.223 e. The van der Waals surface area contributed by atoms with Crippen molar-refractivity contribution >= 4 is 5.91 Å². The van der Waals surface area contributed by atoms with E-state index < -0.39 is 0 Å². The fourth-order valence-electron chi connectivity index (χ4n) is 2.06. The lowest BCUT2D eigenvalue weighted by atomic mass is 10.2. The number of furan rings is 1. The highest BCUT2D eigenvalue weighted by molar-refractivity contribution is 5.76. The lowest BCUT2D eigenvalue weighted by molar-refractivity contribution is -0.132. The molecule has 2 aromatic rings. The molecule has 0 bridgehead atoms. The number of rotatable bonds is 7. The fraction of sp³-hybridized carbons (Fsp3) is 0.353. The molecule has 1 aromatic carbocycles. The highest BCUT2D eigenvalue weighted by Crippen LogP contribution is 2.20. The zero-order valence-electron chi connectivity index (χ0n) is 12.8. The summed E-state index contributed by atoms with van der Waals surface area (Å²) in [6.07, 6.45) is 2.59. The predicted molar refractivity (Wildman–Crippen MR) is 81.0 cm³/mol. The summed E-state index contributed by atoms with van der Waals surface area (Å²) in [5.41, 5.74) is 0. The number of carbonyl (C=O) groups excluding carboxylic acids is 1. The Morgan fingerprint density at radius 2 is 2.05 bits per heavy atom. The molecule has 0 fully saturated rings. The van der Waals surface area contributed by atoms with Crippen LogP contribution in [-0.2, 0) is 4.79 Å². The Hall–Kier alpha value is -2.30. The molecule has 22 heavy (non-hydrogen) atoms. The van der Waals surface area contributed by atoms with E-state index in [2.05, 4.69) is 0 Å². The largest absolute Gasteiger partial charge is 0.494 e. The molecule has 118 valence electrons. The van der Waals surface area contributed by atoms with E-state index in [-0.39, 0.29) is 17.8 Å². The van der Waals surface area contributed by atoms with Crippen LogP contribution in [0.25, 0.3) is 0 Å². The van der Waals surface area contributed by atoms with Crippen molar-refractivity contribution in [2.75, 3.05) is 13.7 Å². The monoisotopic (exact) mass is 305 g/mol. The molecule has 0 radical (unpaired) electrons. The maximum absolute atomic E-state index is 12.7. The summed E-state index contributed by atoms with van der Waals surface area (Å²) in [5, 5.41) is 0. The molecule has 0 aliphatic carbocycles. The molecule has 0 saturated carbocycles. The molecule has 1 aromatic heterocycles. The van der Waals surface area contributed by atoms with Crippen molar-refractivity contribution in [1.82, 2.24) is 4.90 Å². The number of amides is 1. The van der Waals surface area contributed by atoms with E-state index in [0.717, 1.165) is 5.76 Å². The summed E-state index contributed by atoms with van der Waals surface area (Å²) in [5.74, 6) is 1.10. The van der Waals surface area contributed by atoms with Gasteiger partial charge >= 0.3 is 0 Å². The van der Waals surface area contributed by atoms with Gasteiger partial charge in [-0.05, 0) is 49.7 Å². The Morgan fingerprint density at radius 3 is 2.68 bits per heavy atom. The van der Waals surface area contributed by atoms with Crippen LogP contribution in [-0.4, -0.2) is 24.5 Å². The van der Waals surface area contributed by atoms with Crippen LogP contribution < -0.4 is 4.74 Å². The third-order valence-corrected chi connectivity index (χ3v) is 3.55. The topological polar surface area (TPSA) is 42.7 Å². The van der Waals surface area contributed by atoms with E-state index in [1.807, 2.05) is 13.0 Å². The predicted octanol–water partition coefficient (Wildman–Crippen LogP) is 3.80.